The first-order valence-corrected chi connectivity index (χ1v) is 10.8. The molecule has 2 aliphatic rings. The summed E-state index contributed by atoms with van der Waals surface area (Å²) in [5.74, 6) is 1.18. The summed E-state index contributed by atoms with van der Waals surface area (Å²) in [5.41, 5.74) is 2.56. The zero-order chi connectivity index (χ0) is 22.9. The Morgan fingerprint density at radius 1 is 1.06 bits per heavy atom. The molecule has 2 aromatic carbocycles. The number of fused-ring (bicyclic) bond motifs is 1. The monoisotopic (exact) mass is 450 g/mol. The fourth-order valence-corrected chi connectivity index (χ4v) is 4.32. The third-order valence-electron chi connectivity index (χ3n) is 6.14. The second-order valence-corrected chi connectivity index (χ2v) is 8.36. The number of aromatic nitrogens is 4. The minimum Gasteiger partial charge on any atom is -0.497 e. The van der Waals surface area contributed by atoms with E-state index in [1.807, 2.05) is 43.3 Å². The van der Waals surface area contributed by atoms with Crippen LogP contribution in [-0.2, 0) is 9.47 Å². The van der Waals surface area contributed by atoms with Crippen LogP contribution in [0.5, 0.6) is 5.75 Å². The molecule has 1 N–H and O–H groups in total. The molecule has 0 spiro atoms. The van der Waals surface area contributed by atoms with E-state index in [1.165, 1.54) is 0 Å². The van der Waals surface area contributed by atoms with Crippen LogP contribution in [0, 0.1) is 0 Å². The number of nitrogens with one attached hydrogen (secondary N) is 1. The Labute approximate surface area is 191 Å². The van der Waals surface area contributed by atoms with Crippen LogP contribution in [0.3, 0.4) is 0 Å². The molecule has 4 atom stereocenters. The minimum absolute atomic E-state index is 0.178. The molecule has 0 bridgehead atoms. The molecule has 10 nitrogen and oxygen atoms in total. The van der Waals surface area contributed by atoms with Crippen LogP contribution in [0.25, 0.3) is 11.4 Å². The van der Waals surface area contributed by atoms with Crippen LogP contribution in [0.15, 0.2) is 48.5 Å². The van der Waals surface area contributed by atoms with E-state index in [-0.39, 0.29) is 30.2 Å². The molecule has 5 rings (SSSR count). The van der Waals surface area contributed by atoms with Gasteiger partial charge in [0, 0.05) is 30.9 Å². The number of hydrogen-bond acceptors (Lipinski definition) is 8. The predicted molar refractivity (Wildman–Crippen MR) is 120 cm³/mol. The molecule has 172 valence electrons. The maximum Gasteiger partial charge on any atom is 0.251 e. The summed E-state index contributed by atoms with van der Waals surface area (Å²) < 4.78 is 19.0. The van der Waals surface area contributed by atoms with Gasteiger partial charge in [-0.3, -0.25) is 4.79 Å². The Morgan fingerprint density at radius 2 is 1.79 bits per heavy atom. The average Bonchev–Trinajstić information content (AvgIpc) is 3.56. The lowest BCUT2D eigenvalue weighted by Crippen LogP contribution is -2.44. The first kappa shape index (κ1) is 21.4. The van der Waals surface area contributed by atoms with Crippen molar-refractivity contribution in [1.29, 1.82) is 0 Å². The van der Waals surface area contributed by atoms with Gasteiger partial charge in [-0.15, -0.1) is 5.10 Å². The van der Waals surface area contributed by atoms with Crippen LogP contribution in [0.2, 0.25) is 0 Å². The summed E-state index contributed by atoms with van der Waals surface area (Å²) in [6, 6.07) is 14.6. The van der Waals surface area contributed by atoms with E-state index in [0.717, 1.165) is 11.3 Å². The highest BCUT2D eigenvalue weighted by molar-refractivity contribution is 5.94. The van der Waals surface area contributed by atoms with Crippen molar-refractivity contribution >= 4 is 11.6 Å². The summed E-state index contributed by atoms with van der Waals surface area (Å²) in [7, 11) is 5.58. The van der Waals surface area contributed by atoms with Gasteiger partial charge >= 0.3 is 0 Å². The van der Waals surface area contributed by atoms with Crippen molar-refractivity contribution in [2.45, 2.75) is 24.3 Å². The lowest BCUT2D eigenvalue weighted by molar-refractivity contribution is 0.0615. The first-order chi connectivity index (χ1) is 16.0. The number of anilines is 1. The third-order valence-corrected chi connectivity index (χ3v) is 6.14. The lowest BCUT2D eigenvalue weighted by Gasteiger charge is -2.18. The molecule has 3 heterocycles. The standard InChI is InChI=1S/C23H26N6O4/c1-28(2)16-8-4-14(5-9-16)22-25-26-27-29(22)19-13-33-20-18(12-32-21(19)20)24-23(30)15-6-10-17(31-3)11-7-15/h4-11,18-21H,12-13H2,1-3H3,(H,24,30)/t18-,19-,20+,21+/m0/s1. The van der Waals surface area contributed by atoms with Gasteiger partial charge in [0.15, 0.2) is 5.82 Å². The fourth-order valence-electron chi connectivity index (χ4n) is 4.32. The first-order valence-electron chi connectivity index (χ1n) is 10.8. The van der Waals surface area contributed by atoms with Gasteiger partial charge in [0.2, 0.25) is 0 Å². The number of carbonyl (C=O) groups is 1. The van der Waals surface area contributed by atoms with Crippen molar-refractivity contribution in [2.75, 3.05) is 39.3 Å². The second-order valence-electron chi connectivity index (χ2n) is 8.36. The zero-order valence-electron chi connectivity index (χ0n) is 18.7. The normalized spacial score (nSPS) is 23.8. The van der Waals surface area contributed by atoms with Gasteiger partial charge in [-0.1, -0.05) is 0 Å². The zero-order valence-corrected chi connectivity index (χ0v) is 18.7. The molecule has 0 saturated carbocycles. The van der Waals surface area contributed by atoms with Gasteiger partial charge < -0.3 is 24.4 Å². The Morgan fingerprint density at radius 3 is 2.48 bits per heavy atom. The summed E-state index contributed by atoms with van der Waals surface area (Å²) in [6.07, 6.45) is -0.528. The number of amides is 1. The number of methoxy groups -OCH3 is 1. The van der Waals surface area contributed by atoms with E-state index in [0.29, 0.717) is 30.4 Å². The van der Waals surface area contributed by atoms with Crippen LogP contribution >= 0.6 is 0 Å². The van der Waals surface area contributed by atoms with Crippen molar-refractivity contribution < 1.29 is 19.0 Å². The molecular weight excluding hydrogens is 424 g/mol. The second kappa shape index (κ2) is 8.80. The van der Waals surface area contributed by atoms with Crippen molar-refractivity contribution in [3.05, 3.63) is 54.1 Å². The molecule has 1 aromatic heterocycles. The average molecular weight is 450 g/mol. The highest BCUT2D eigenvalue weighted by atomic mass is 16.6. The third kappa shape index (κ3) is 4.03. The number of benzene rings is 2. The van der Waals surface area contributed by atoms with Gasteiger partial charge in [-0.2, -0.15) is 0 Å². The highest BCUT2D eigenvalue weighted by Crippen LogP contribution is 2.36. The Hall–Kier alpha value is -3.50. The SMILES string of the molecule is COc1ccc(C(=O)N[C@H]2CO[C@H]3[C@@H]2OC[C@@H]3n2nnnc2-c2ccc(N(C)C)cc2)cc1. The number of hydrogen-bond donors (Lipinski definition) is 1. The van der Waals surface area contributed by atoms with Crippen molar-refractivity contribution in [1.82, 2.24) is 25.5 Å². The Balaban J connectivity index is 1.29. The van der Waals surface area contributed by atoms with E-state index >= 15 is 0 Å². The van der Waals surface area contributed by atoms with Crippen molar-refractivity contribution in [3.63, 3.8) is 0 Å². The van der Waals surface area contributed by atoms with Crippen molar-refractivity contribution in [2.24, 2.45) is 0 Å². The number of nitrogens with zero attached hydrogens (tertiary/aromatic N) is 5. The summed E-state index contributed by atoms with van der Waals surface area (Å²) in [4.78, 5) is 14.7. The van der Waals surface area contributed by atoms with Gasteiger partial charge in [-0.25, -0.2) is 4.68 Å². The summed E-state index contributed by atoms with van der Waals surface area (Å²) in [5, 5.41) is 15.4. The molecule has 2 aliphatic heterocycles. The highest BCUT2D eigenvalue weighted by Gasteiger charge is 2.50. The molecule has 10 heteroatoms. The number of carbonyl (C=O) groups excluding carboxylic acids is 1. The largest absolute Gasteiger partial charge is 0.497 e. The minimum atomic E-state index is -0.273. The molecule has 1 amide bonds. The van der Waals surface area contributed by atoms with Crippen LogP contribution in [0.1, 0.15) is 16.4 Å². The molecule has 0 aliphatic carbocycles. The molecule has 2 fully saturated rings. The van der Waals surface area contributed by atoms with E-state index in [1.54, 1.807) is 36.1 Å². The fraction of sp³-hybridized carbons (Fsp3) is 0.391. The predicted octanol–water partition coefficient (Wildman–Crippen LogP) is 1.55. The quantitative estimate of drug-likeness (QED) is 0.603. The maximum absolute atomic E-state index is 12.7. The smallest absolute Gasteiger partial charge is 0.251 e. The summed E-state index contributed by atoms with van der Waals surface area (Å²) >= 11 is 0. The molecule has 0 unspecified atom stereocenters. The van der Waals surface area contributed by atoms with Gasteiger partial charge in [0.05, 0.1) is 26.4 Å². The van der Waals surface area contributed by atoms with Crippen LogP contribution < -0.4 is 15.0 Å². The number of rotatable bonds is 6. The van der Waals surface area contributed by atoms with Crippen LogP contribution in [0.4, 0.5) is 5.69 Å². The number of ether oxygens (including phenoxy) is 3. The lowest BCUT2D eigenvalue weighted by atomic mass is 10.1. The molecule has 0 radical (unpaired) electrons. The topological polar surface area (TPSA) is 104 Å². The van der Waals surface area contributed by atoms with E-state index in [4.69, 9.17) is 14.2 Å². The van der Waals surface area contributed by atoms with Crippen molar-refractivity contribution in [3.8, 4) is 17.1 Å². The Bertz CT molecular complexity index is 1110. The maximum atomic E-state index is 12.7. The van der Waals surface area contributed by atoms with Gasteiger partial charge in [0.1, 0.15) is 24.0 Å². The van der Waals surface area contributed by atoms with E-state index in [9.17, 15) is 4.79 Å². The molecular formula is C23H26N6O4. The number of tetrazole rings is 1. The van der Waals surface area contributed by atoms with Crippen LogP contribution in [-0.4, -0.2) is 78.8 Å². The van der Waals surface area contributed by atoms with Gasteiger partial charge in [0.25, 0.3) is 5.91 Å². The summed E-state index contributed by atoms with van der Waals surface area (Å²) in [6.45, 7) is 0.765. The molecule has 33 heavy (non-hydrogen) atoms. The van der Waals surface area contributed by atoms with Gasteiger partial charge in [-0.05, 0) is 59.0 Å². The molecule has 2 saturated heterocycles. The van der Waals surface area contributed by atoms with E-state index < -0.39 is 0 Å². The Kier molecular flexibility index (Phi) is 5.69. The van der Waals surface area contributed by atoms with E-state index in [2.05, 4.69) is 20.8 Å². The molecule has 3 aromatic rings.